The van der Waals surface area contributed by atoms with Crippen molar-refractivity contribution in [2.45, 2.75) is 37.6 Å². The van der Waals surface area contributed by atoms with Crippen molar-refractivity contribution in [3.63, 3.8) is 0 Å². The molecule has 72 valence electrons. The Balaban J connectivity index is 2.65. The molecule has 1 fully saturated rings. The number of aliphatic hydroxyl groups excluding tert-OH is 3. The summed E-state index contributed by atoms with van der Waals surface area (Å²) >= 11 is 0. The lowest BCUT2D eigenvalue weighted by Crippen LogP contribution is -2.57. The summed E-state index contributed by atoms with van der Waals surface area (Å²) < 4.78 is 0. The Morgan fingerprint density at radius 2 is 1.92 bits per heavy atom. The average Bonchev–Trinajstić information content (AvgIpc) is 2.01. The Kier molecular flexibility index (Phi) is 3.06. The van der Waals surface area contributed by atoms with Crippen LogP contribution in [0.25, 0.3) is 0 Å². The van der Waals surface area contributed by atoms with Crippen LogP contribution in [0.2, 0.25) is 0 Å². The van der Waals surface area contributed by atoms with Gasteiger partial charge in [-0.2, -0.15) is 0 Å². The predicted octanol–water partition coefficient (Wildman–Crippen LogP) is -1.21. The number of piperidine rings is 1. The van der Waals surface area contributed by atoms with Crippen LogP contribution in [0, 0.1) is 0 Å². The highest BCUT2D eigenvalue weighted by Gasteiger charge is 2.36. The lowest BCUT2D eigenvalue weighted by atomic mass is 9.92. The van der Waals surface area contributed by atoms with Gasteiger partial charge >= 0.3 is 0 Å². The molecule has 0 radical (unpaired) electrons. The van der Waals surface area contributed by atoms with E-state index in [0.29, 0.717) is 6.42 Å². The quantitative estimate of drug-likeness (QED) is 0.468. The number of nitrogens with zero attached hydrogens (tertiary/aromatic N) is 1. The second-order valence-electron chi connectivity index (χ2n) is 3.53. The minimum absolute atomic E-state index is 0.00514. The van der Waals surface area contributed by atoms with Crippen LogP contribution in [-0.4, -0.2) is 58.2 Å². The molecular formula is C8H17NO3. The fourth-order valence-corrected chi connectivity index (χ4v) is 1.70. The van der Waals surface area contributed by atoms with E-state index in [4.69, 9.17) is 5.11 Å². The fraction of sp³-hybridized carbons (Fsp3) is 1.00. The number of likely N-dealkylation sites (tertiary alicyclic amines) is 1. The van der Waals surface area contributed by atoms with Crippen molar-refractivity contribution in [3.05, 3.63) is 0 Å². The van der Waals surface area contributed by atoms with Gasteiger partial charge in [-0.1, -0.05) is 0 Å². The topological polar surface area (TPSA) is 63.9 Å². The first kappa shape index (κ1) is 9.92. The number of aliphatic hydroxyl groups is 3. The van der Waals surface area contributed by atoms with Gasteiger partial charge in [0.1, 0.15) is 0 Å². The van der Waals surface area contributed by atoms with E-state index >= 15 is 0 Å². The molecule has 1 aliphatic heterocycles. The zero-order valence-corrected chi connectivity index (χ0v) is 7.51. The predicted molar refractivity (Wildman–Crippen MR) is 44.7 cm³/mol. The van der Waals surface area contributed by atoms with E-state index in [1.165, 1.54) is 0 Å². The molecule has 4 atom stereocenters. The molecule has 0 aromatic rings. The third kappa shape index (κ3) is 1.61. The van der Waals surface area contributed by atoms with Crippen LogP contribution in [0.5, 0.6) is 0 Å². The van der Waals surface area contributed by atoms with Gasteiger partial charge in [0.25, 0.3) is 0 Å². The molecule has 4 nitrogen and oxygen atoms in total. The Bertz CT molecular complexity index is 153. The first-order valence-electron chi connectivity index (χ1n) is 4.26. The van der Waals surface area contributed by atoms with E-state index in [-0.39, 0.29) is 18.7 Å². The van der Waals surface area contributed by atoms with Crippen LogP contribution in [0.15, 0.2) is 0 Å². The third-order valence-corrected chi connectivity index (χ3v) is 2.84. The summed E-state index contributed by atoms with van der Waals surface area (Å²) in [7, 11) is 1.80. The third-order valence-electron chi connectivity index (χ3n) is 2.84. The maximum Gasteiger partial charge on any atom is 0.0743 e. The summed E-state index contributed by atoms with van der Waals surface area (Å²) in [5, 5.41) is 27.9. The normalized spacial score (nSPS) is 44.8. The van der Waals surface area contributed by atoms with Gasteiger partial charge in [-0.25, -0.2) is 0 Å². The summed E-state index contributed by atoms with van der Waals surface area (Å²) in [4.78, 5) is 1.82. The van der Waals surface area contributed by atoms with Crippen molar-refractivity contribution in [1.29, 1.82) is 0 Å². The second kappa shape index (κ2) is 3.70. The van der Waals surface area contributed by atoms with E-state index in [1.807, 2.05) is 11.8 Å². The van der Waals surface area contributed by atoms with Crippen LogP contribution in [0.3, 0.4) is 0 Å². The molecule has 0 bridgehead atoms. The maximum atomic E-state index is 9.47. The lowest BCUT2D eigenvalue weighted by Gasteiger charge is -2.42. The molecule has 12 heavy (non-hydrogen) atoms. The van der Waals surface area contributed by atoms with E-state index < -0.39 is 12.2 Å². The molecule has 0 unspecified atom stereocenters. The zero-order valence-electron chi connectivity index (χ0n) is 7.51. The molecule has 1 rings (SSSR count). The molecule has 0 saturated carbocycles. The lowest BCUT2D eigenvalue weighted by molar-refractivity contribution is -0.0842. The molecule has 0 aromatic carbocycles. The second-order valence-corrected chi connectivity index (χ2v) is 3.53. The highest BCUT2D eigenvalue weighted by molar-refractivity contribution is 4.90. The van der Waals surface area contributed by atoms with Crippen LogP contribution >= 0.6 is 0 Å². The van der Waals surface area contributed by atoms with Crippen molar-refractivity contribution in [2.75, 3.05) is 13.7 Å². The Morgan fingerprint density at radius 1 is 1.33 bits per heavy atom. The number of rotatable bonds is 1. The van der Waals surface area contributed by atoms with Crippen molar-refractivity contribution in [2.24, 2.45) is 0 Å². The summed E-state index contributed by atoms with van der Waals surface area (Å²) in [6.07, 6.45) is -0.754. The smallest absolute Gasteiger partial charge is 0.0743 e. The molecule has 0 aliphatic carbocycles. The monoisotopic (exact) mass is 175 g/mol. The summed E-state index contributed by atoms with van der Waals surface area (Å²) in [5.41, 5.74) is 0. The van der Waals surface area contributed by atoms with E-state index in [9.17, 15) is 10.2 Å². The highest BCUT2D eigenvalue weighted by atomic mass is 16.3. The van der Waals surface area contributed by atoms with Gasteiger partial charge in [-0.05, 0) is 14.0 Å². The van der Waals surface area contributed by atoms with Gasteiger partial charge in [0.15, 0.2) is 0 Å². The fourth-order valence-electron chi connectivity index (χ4n) is 1.70. The SMILES string of the molecule is C[C@@H]1[C@H](O)C[C@H](O)[C@@H](CO)N1C. The molecule has 1 aliphatic rings. The Morgan fingerprint density at radius 3 is 2.42 bits per heavy atom. The molecule has 0 amide bonds. The van der Waals surface area contributed by atoms with Crippen LogP contribution in [0.1, 0.15) is 13.3 Å². The van der Waals surface area contributed by atoms with E-state index in [1.54, 1.807) is 7.05 Å². The van der Waals surface area contributed by atoms with E-state index in [0.717, 1.165) is 0 Å². The minimum Gasteiger partial charge on any atom is -0.395 e. The molecular weight excluding hydrogens is 158 g/mol. The molecule has 1 heterocycles. The minimum atomic E-state index is -0.619. The standard InChI is InChI=1S/C8H17NO3/c1-5-7(11)3-8(12)6(4-10)9(5)2/h5-8,10-12H,3-4H2,1-2H3/t5-,6-,7-,8+/m1/s1. The first-order chi connectivity index (χ1) is 5.57. The zero-order chi connectivity index (χ0) is 9.30. The van der Waals surface area contributed by atoms with Gasteiger partial charge in [0.05, 0.1) is 24.9 Å². The largest absolute Gasteiger partial charge is 0.395 e. The van der Waals surface area contributed by atoms with Gasteiger partial charge in [0, 0.05) is 12.5 Å². The first-order valence-corrected chi connectivity index (χ1v) is 4.26. The van der Waals surface area contributed by atoms with Crippen molar-refractivity contribution >= 4 is 0 Å². The number of hydrogen-bond acceptors (Lipinski definition) is 4. The molecule has 0 spiro atoms. The van der Waals surface area contributed by atoms with Gasteiger partial charge < -0.3 is 15.3 Å². The molecule has 3 N–H and O–H groups in total. The van der Waals surface area contributed by atoms with Gasteiger partial charge in [-0.3, -0.25) is 4.90 Å². The summed E-state index contributed by atoms with van der Waals surface area (Å²) in [5.74, 6) is 0. The summed E-state index contributed by atoms with van der Waals surface area (Å²) in [6.45, 7) is 1.83. The van der Waals surface area contributed by atoms with Crippen molar-refractivity contribution in [1.82, 2.24) is 4.90 Å². The van der Waals surface area contributed by atoms with Gasteiger partial charge in [-0.15, -0.1) is 0 Å². The Hall–Kier alpha value is -0.160. The van der Waals surface area contributed by atoms with E-state index in [2.05, 4.69) is 0 Å². The van der Waals surface area contributed by atoms with Crippen LogP contribution < -0.4 is 0 Å². The number of hydrogen-bond donors (Lipinski definition) is 3. The molecule has 4 heteroatoms. The highest BCUT2D eigenvalue weighted by Crippen LogP contribution is 2.21. The number of likely N-dealkylation sites (N-methyl/N-ethyl adjacent to an activating group) is 1. The average molecular weight is 175 g/mol. The Labute approximate surface area is 72.4 Å². The maximum absolute atomic E-state index is 9.47. The molecule has 1 saturated heterocycles. The van der Waals surface area contributed by atoms with Crippen LogP contribution in [0.4, 0.5) is 0 Å². The summed E-state index contributed by atoms with van der Waals surface area (Å²) in [6, 6.07) is -0.228. The van der Waals surface area contributed by atoms with Gasteiger partial charge in [0.2, 0.25) is 0 Å². The van der Waals surface area contributed by atoms with Crippen molar-refractivity contribution in [3.8, 4) is 0 Å². The molecule has 0 aromatic heterocycles. The van der Waals surface area contributed by atoms with Crippen molar-refractivity contribution < 1.29 is 15.3 Å². The van der Waals surface area contributed by atoms with Crippen LogP contribution in [-0.2, 0) is 0 Å².